The lowest BCUT2D eigenvalue weighted by Gasteiger charge is -2.40. The number of carbonyl (C=O) groups excluding carboxylic acids is 3. The van der Waals surface area contributed by atoms with E-state index in [2.05, 4.69) is 10.3 Å². The molecule has 4 amide bonds. The number of nitrogens with zero attached hydrogens (tertiary/aromatic N) is 4. The van der Waals surface area contributed by atoms with Crippen LogP contribution in [-0.2, 0) is 15.8 Å². The van der Waals surface area contributed by atoms with Crippen LogP contribution in [0.5, 0.6) is 0 Å². The van der Waals surface area contributed by atoms with Crippen LogP contribution in [0.3, 0.4) is 0 Å². The largest absolute Gasteiger partial charge is 0.416 e. The third-order valence-corrected chi connectivity index (χ3v) is 4.37. The molecule has 1 aromatic carbocycles. The Kier molecular flexibility index (Phi) is 4.54. The van der Waals surface area contributed by atoms with E-state index in [1.165, 1.54) is 42.4 Å². The van der Waals surface area contributed by atoms with E-state index in [0.717, 1.165) is 17.0 Å². The molecule has 11 heteroatoms. The van der Waals surface area contributed by atoms with Gasteiger partial charge in [-0.2, -0.15) is 13.2 Å². The maximum atomic E-state index is 12.8. The van der Waals surface area contributed by atoms with E-state index in [1.807, 2.05) is 0 Å². The number of nitrogens with one attached hydrogen (secondary N) is 1. The minimum absolute atomic E-state index is 0.00797. The highest BCUT2D eigenvalue weighted by Crippen LogP contribution is 2.30. The lowest BCUT2D eigenvalue weighted by atomic mass is 10.1. The van der Waals surface area contributed by atoms with Crippen LogP contribution in [0, 0.1) is 0 Å². The van der Waals surface area contributed by atoms with Gasteiger partial charge in [0.25, 0.3) is 5.91 Å². The Balaban J connectivity index is 1.69. The molecule has 2 aliphatic rings. The van der Waals surface area contributed by atoms with Gasteiger partial charge in [-0.05, 0) is 18.2 Å². The van der Waals surface area contributed by atoms with Gasteiger partial charge in [-0.1, -0.05) is 6.07 Å². The number of alkyl halides is 3. The number of urea groups is 1. The van der Waals surface area contributed by atoms with Crippen molar-refractivity contribution in [2.45, 2.75) is 18.4 Å². The van der Waals surface area contributed by atoms with Gasteiger partial charge >= 0.3 is 12.2 Å². The van der Waals surface area contributed by atoms with Gasteiger partial charge in [0.15, 0.2) is 6.04 Å². The molecule has 0 bridgehead atoms. The first-order valence-electron chi connectivity index (χ1n) is 7.90. The predicted molar refractivity (Wildman–Crippen MR) is 88.8 cm³/mol. The lowest BCUT2D eigenvalue weighted by molar-refractivity contribution is -0.137. The van der Waals surface area contributed by atoms with Crippen LogP contribution in [-0.4, -0.2) is 71.7 Å². The molecule has 3 rings (SSSR count). The minimum Gasteiger partial charge on any atom is -0.331 e. The number of rotatable bonds is 3. The number of fused-ring (bicyclic) bond motifs is 1. The second-order valence-corrected chi connectivity index (χ2v) is 6.21. The summed E-state index contributed by atoms with van der Waals surface area (Å²) in [5, 5.41) is 2.38. The molecule has 2 unspecified atom stereocenters. The normalized spacial score (nSPS) is 22.3. The second-order valence-electron chi connectivity index (χ2n) is 6.21. The zero-order chi connectivity index (χ0) is 19.9. The fraction of sp³-hybridized carbons (Fsp3) is 0.375. The molecule has 2 atom stereocenters. The summed E-state index contributed by atoms with van der Waals surface area (Å²) >= 11 is 0. The van der Waals surface area contributed by atoms with Gasteiger partial charge in [0.1, 0.15) is 12.7 Å². The van der Waals surface area contributed by atoms with Crippen molar-refractivity contribution in [1.82, 2.24) is 14.7 Å². The van der Waals surface area contributed by atoms with Crippen LogP contribution in [0.4, 0.5) is 23.7 Å². The average molecular weight is 383 g/mol. The third-order valence-electron chi connectivity index (χ3n) is 4.37. The van der Waals surface area contributed by atoms with Crippen LogP contribution in [0.15, 0.2) is 29.3 Å². The molecule has 0 aromatic heterocycles. The number of hydrogen-bond acceptors (Lipinski definition) is 5. The molecule has 0 spiro atoms. The summed E-state index contributed by atoms with van der Waals surface area (Å²) in [6.45, 7) is -0.282. The summed E-state index contributed by atoms with van der Waals surface area (Å²) in [5.74, 6) is -1.09. The van der Waals surface area contributed by atoms with Gasteiger partial charge in [-0.3, -0.25) is 19.5 Å². The summed E-state index contributed by atoms with van der Waals surface area (Å²) in [7, 11) is 2.82. The van der Waals surface area contributed by atoms with Crippen molar-refractivity contribution in [2.24, 2.45) is 4.99 Å². The molecule has 8 nitrogen and oxygen atoms in total. The number of hydrogen-bond donors (Lipinski definition) is 1. The van der Waals surface area contributed by atoms with Crippen molar-refractivity contribution in [3.8, 4) is 0 Å². The lowest BCUT2D eigenvalue weighted by Crippen LogP contribution is -2.64. The highest BCUT2D eigenvalue weighted by Gasteiger charge is 2.48. The number of likely N-dealkylation sites (N-methyl/N-ethyl adjacent to an activating group) is 2. The van der Waals surface area contributed by atoms with E-state index >= 15 is 0 Å². The molecule has 1 N–H and O–H groups in total. The van der Waals surface area contributed by atoms with Gasteiger partial charge in [-0.25, -0.2) is 4.79 Å². The van der Waals surface area contributed by atoms with E-state index < -0.39 is 41.8 Å². The fourth-order valence-corrected chi connectivity index (χ4v) is 3.03. The Morgan fingerprint density at radius 2 is 1.96 bits per heavy atom. The molecule has 144 valence electrons. The third kappa shape index (κ3) is 3.44. The first-order valence-corrected chi connectivity index (χ1v) is 7.90. The molecular weight excluding hydrogens is 367 g/mol. The minimum atomic E-state index is -4.52. The Morgan fingerprint density at radius 1 is 1.26 bits per heavy atom. The Hall–Kier alpha value is -3.11. The zero-order valence-corrected chi connectivity index (χ0v) is 14.4. The van der Waals surface area contributed by atoms with E-state index in [4.69, 9.17) is 0 Å². The Morgan fingerprint density at radius 3 is 2.63 bits per heavy atom. The molecule has 0 saturated carbocycles. The van der Waals surface area contributed by atoms with E-state index in [-0.39, 0.29) is 12.2 Å². The topological polar surface area (TPSA) is 85.3 Å². The van der Waals surface area contributed by atoms with E-state index in [0.29, 0.717) is 0 Å². The highest BCUT2D eigenvalue weighted by molar-refractivity contribution is 6.02. The summed E-state index contributed by atoms with van der Waals surface area (Å²) < 4.78 is 38.3. The summed E-state index contributed by atoms with van der Waals surface area (Å²) in [6.07, 6.45) is -3.98. The van der Waals surface area contributed by atoms with Crippen molar-refractivity contribution >= 4 is 29.9 Å². The van der Waals surface area contributed by atoms with Gasteiger partial charge < -0.3 is 15.1 Å². The predicted octanol–water partition coefficient (Wildman–Crippen LogP) is 1.21. The van der Waals surface area contributed by atoms with Crippen molar-refractivity contribution in [2.75, 3.05) is 26.0 Å². The first-order chi connectivity index (χ1) is 12.6. The SMILES string of the molecule is CN1C(=O)C2N=CN(CC(=O)Nc3cccc(C(F)(F)F)c3)C2N(C)C1=O. The van der Waals surface area contributed by atoms with Gasteiger partial charge in [0, 0.05) is 19.8 Å². The summed E-state index contributed by atoms with van der Waals surface area (Å²) in [6, 6.07) is 2.87. The quantitative estimate of drug-likeness (QED) is 0.850. The smallest absolute Gasteiger partial charge is 0.331 e. The van der Waals surface area contributed by atoms with Crippen LogP contribution < -0.4 is 5.32 Å². The standard InChI is InChI=1S/C16H16F3N5O3/c1-22-13-12(14(26)23(2)15(22)27)20-8-24(13)7-11(25)21-10-5-3-4-9(6-10)16(17,18)19/h3-6,8,12-13H,7H2,1-2H3,(H,21,25). The van der Waals surface area contributed by atoms with Crippen LogP contribution in [0.1, 0.15) is 5.56 Å². The molecule has 1 aromatic rings. The molecule has 1 fully saturated rings. The van der Waals surface area contributed by atoms with Gasteiger partial charge in [-0.15, -0.1) is 0 Å². The number of amides is 4. The number of imide groups is 1. The van der Waals surface area contributed by atoms with E-state index in [1.54, 1.807) is 0 Å². The monoisotopic (exact) mass is 383 g/mol. The molecule has 27 heavy (non-hydrogen) atoms. The van der Waals surface area contributed by atoms with Crippen molar-refractivity contribution in [1.29, 1.82) is 0 Å². The van der Waals surface area contributed by atoms with Gasteiger partial charge in [0.2, 0.25) is 5.91 Å². The zero-order valence-electron chi connectivity index (χ0n) is 14.4. The highest BCUT2D eigenvalue weighted by atomic mass is 19.4. The Bertz CT molecular complexity index is 826. The van der Waals surface area contributed by atoms with Crippen molar-refractivity contribution in [3.63, 3.8) is 0 Å². The number of aliphatic imine (C=N–C) groups is 1. The second kappa shape index (κ2) is 6.56. The van der Waals surface area contributed by atoms with Crippen LogP contribution in [0.2, 0.25) is 0 Å². The number of halogens is 3. The van der Waals surface area contributed by atoms with Crippen LogP contribution >= 0.6 is 0 Å². The number of anilines is 1. The van der Waals surface area contributed by atoms with E-state index in [9.17, 15) is 27.6 Å². The van der Waals surface area contributed by atoms with Crippen molar-refractivity contribution < 1.29 is 27.6 Å². The Labute approximate surface area is 152 Å². The maximum absolute atomic E-state index is 12.8. The molecule has 2 heterocycles. The number of benzene rings is 1. The fourth-order valence-electron chi connectivity index (χ4n) is 3.03. The molecule has 0 radical (unpaired) electrons. The van der Waals surface area contributed by atoms with Crippen molar-refractivity contribution in [3.05, 3.63) is 29.8 Å². The first kappa shape index (κ1) is 18.7. The summed E-state index contributed by atoms with van der Waals surface area (Å²) in [5.41, 5.74) is -0.888. The maximum Gasteiger partial charge on any atom is 0.416 e. The molecular formula is C16H16F3N5O3. The molecule has 2 aliphatic heterocycles. The molecule has 1 saturated heterocycles. The molecule has 0 aliphatic carbocycles. The van der Waals surface area contributed by atoms with Crippen LogP contribution in [0.25, 0.3) is 0 Å². The van der Waals surface area contributed by atoms with Gasteiger partial charge in [0.05, 0.1) is 11.9 Å². The number of carbonyl (C=O) groups is 3. The average Bonchev–Trinajstić information content (AvgIpc) is 3.01. The summed E-state index contributed by atoms with van der Waals surface area (Å²) in [4.78, 5) is 44.2.